The number of piperazine rings is 1. The third kappa shape index (κ3) is 3.72. The first kappa shape index (κ1) is 24.2. The highest BCUT2D eigenvalue weighted by Gasteiger charge is 2.56. The quantitative estimate of drug-likeness (QED) is 0.547. The summed E-state index contributed by atoms with van der Waals surface area (Å²) < 4.78 is 11.6. The van der Waals surface area contributed by atoms with E-state index < -0.39 is 5.54 Å². The topological polar surface area (TPSA) is 74.9 Å². The molecule has 0 saturated carbocycles. The fraction of sp³-hybridized carbons (Fsp3) is 0.448. The third-order valence-corrected chi connectivity index (χ3v) is 7.36. The lowest BCUT2D eigenvalue weighted by molar-refractivity contribution is -0.166. The maximum absolute atomic E-state index is 14.0. The van der Waals surface area contributed by atoms with Crippen LogP contribution in [0.4, 0.5) is 0 Å². The molecule has 2 amide bonds. The summed E-state index contributed by atoms with van der Waals surface area (Å²) in [6.45, 7) is 11.1. The summed E-state index contributed by atoms with van der Waals surface area (Å²) in [6, 6.07) is 14.1. The number of nitrogens with zero attached hydrogens (tertiary/aromatic N) is 2. The van der Waals surface area contributed by atoms with Gasteiger partial charge in [0.25, 0.3) is 5.91 Å². The Balaban J connectivity index is 1.69. The SMILES string of the molecule is COc1cc([C@H]2CN3C(=O)CN(CC(C)C)C(=O)[C@]3(C)c3[nH]c4ccccc4c32)ccc1OC(C)C. The molecule has 7 heteroatoms. The summed E-state index contributed by atoms with van der Waals surface area (Å²) in [7, 11) is 1.64. The number of hydrogen-bond donors (Lipinski definition) is 1. The van der Waals surface area contributed by atoms with Gasteiger partial charge in [0.15, 0.2) is 17.0 Å². The van der Waals surface area contributed by atoms with Crippen molar-refractivity contribution in [2.45, 2.75) is 52.2 Å². The molecule has 0 radical (unpaired) electrons. The van der Waals surface area contributed by atoms with E-state index in [-0.39, 0.29) is 36.3 Å². The highest BCUT2D eigenvalue weighted by atomic mass is 16.5. The van der Waals surface area contributed by atoms with Crippen molar-refractivity contribution in [1.82, 2.24) is 14.8 Å². The molecule has 5 rings (SSSR count). The average molecular weight is 490 g/mol. The van der Waals surface area contributed by atoms with Crippen LogP contribution >= 0.6 is 0 Å². The van der Waals surface area contributed by atoms with Gasteiger partial charge < -0.3 is 24.3 Å². The predicted octanol–water partition coefficient (Wildman–Crippen LogP) is 4.65. The molecule has 2 aromatic carbocycles. The lowest BCUT2D eigenvalue weighted by Crippen LogP contribution is -2.67. The van der Waals surface area contributed by atoms with Crippen molar-refractivity contribution in [3.63, 3.8) is 0 Å². The molecule has 0 bridgehead atoms. The first-order valence-corrected chi connectivity index (χ1v) is 12.7. The van der Waals surface area contributed by atoms with Crippen LogP contribution < -0.4 is 9.47 Å². The molecule has 36 heavy (non-hydrogen) atoms. The zero-order valence-electron chi connectivity index (χ0n) is 21.9. The van der Waals surface area contributed by atoms with Gasteiger partial charge in [-0.25, -0.2) is 0 Å². The fourth-order valence-electron chi connectivity index (χ4n) is 5.82. The first-order valence-electron chi connectivity index (χ1n) is 12.7. The summed E-state index contributed by atoms with van der Waals surface area (Å²) in [5, 5.41) is 1.07. The zero-order valence-corrected chi connectivity index (χ0v) is 21.9. The maximum atomic E-state index is 14.0. The van der Waals surface area contributed by atoms with Gasteiger partial charge in [0.1, 0.15) is 0 Å². The molecule has 1 fully saturated rings. The second-order valence-corrected chi connectivity index (χ2v) is 10.7. The Hall–Kier alpha value is -3.48. The van der Waals surface area contributed by atoms with Crippen LogP contribution in [0.3, 0.4) is 0 Å². The predicted molar refractivity (Wildman–Crippen MR) is 139 cm³/mol. The van der Waals surface area contributed by atoms with E-state index in [0.717, 1.165) is 27.7 Å². The molecule has 190 valence electrons. The number of hydrogen-bond acceptors (Lipinski definition) is 4. The molecule has 0 spiro atoms. The number of para-hydroxylation sites is 1. The average Bonchev–Trinajstić information content (AvgIpc) is 3.23. The van der Waals surface area contributed by atoms with Gasteiger partial charge in [0, 0.05) is 29.9 Å². The molecular weight excluding hydrogens is 454 g/mol. The molecule has 2 atom stereocenters. The monoisotopic (exact) mass is 489 g/mol. The van der Waals surface area contributed by atoms with Crippen LogP contribution in [0.5, 0.6) is 11.5 Å². The number of carbonyl (C=O) groups is 2. The van der Waals surface area contributed by atoms with E-state index in [1.165, 1.54) is 0 Å². The van der Waals surface area contributed by atoms with Crippen molar-refractivity contribution in [3.05, 3.63) is 59.3 Å². The van der Waals surface area contributed by atoms with E-state index in [9.17, 15) is 9.59 Å². The number of nitrogens with one attached hydrogen (secondary N) is 1. The first-order chi connectivity index (χ1) is 17.1. The number of aromatic nitrogens is 1. The van der Waals surface area contributed by atoms with Gasteiger partial charge in [-0.1, -0.05) is 38.1 Å². The summed E-state index contributed by atoms with van der Waals surface area (Å²) in [4.78, 5) is 34.6. The fourth-order valence-corrected chi connectivity index (χ4v) is 5.82. The highest BCUT2D eigenvalue weighted by Crippen LogP contribution is 2.49. The minimum absolute atomic E-state index is 0.0196. The summed E-state index contributed by atoms with van der Waals surface area (Å²) in [5.74, 6) is 1.43. The van der Waals surface area contributed by atoms with Crippen LogP contribution in [0.25, 0.3) is 10.9 Å². The van der Waals surface area contributed by atoms with Crippen LogP contribution in [0, 0.1) is 5.92 Å². The number of rotatable bonds is 6. The Morgan fingerprint density at radius 1 is 1.08 bits per heavy atom. The molecule has 3 aromatic rings. The molecule has 7 nitrogen and oxygen atoms in total. The Morgan fingerprint density at radius 3 is 2.53 bits per heavy atom. The van der Waals surface area contributed by atoms with Crippen molar-refractivity contribution in [1.29, 1.82) is 0 Å². The van der Waals surface area contributed by atoms with Crippen molar-refractivity contribution in [2.75, 3.05) is 26.7 Å². The second kappa shape index (κ2) is 8.87. The van der Waals surface area contributed by atoms with Gasteiger partial charge in [0.2, 0.25) is 5.91 Å². The zero-order chi connectivity index (χ0) is 25.8. The molecule has 2 aliphatic rings. The Kier molecular flexibility index (Phi) is 5.97. The summed E-state index contributed by atoms with van der Waals surface area (Å²) in [6.07, 6.45) is 0.0196. The number of fused-ring (bicyclic) bond motifs is 5. The van der Waals surface area contributed by atoms with Crippen molar-refractivity contribution >= 4 is 22.7 Å². The lowest BCUT2D eigenvalue weighted by atomic mass is 9.76. The number of ether oxygens (including phenoxy) is 2. The third-order valence-electron chi connectivity index (χ3n) is 7.36. The Bertz CT molecular complexity index is 1330. The van der Waals surface area contributed by atoms with E-state index in [2.05, 4.69) is 24.9 Å². The van der Waals surface area contributed by atoms with Crippen LogP contribution in [-0.4, -0.2) is 59.4 Å². The van der Waals surface area contributed by atoms with Crippen LogP contribution in [0.2, 0.25) is 0 Å². The van der Waals surface area contributed by atoms with E-state index in [4.69, 9.17) is 9.47 Å². The van der Waals surface area contributed by atoms with Crippen LogP contribution in [0.15, 0.2) is 42.5 Å². The number of H-pyrrole nitrogens is 1. The minimum atomic E-state index is -1.08. The normalized spacial score (nSPS) is 21.8. The minimum Gasteiger partial charge on any atom is -0.493 e. The number of aromatic amines is 1. The number of amides is 2. The molecule has 0 unspecified atom stereocenters. The largest absolute Gasteiger partial charge is 0.493 e. The van der Waals surface area contributed by atoms with Crippen molar-refractivity contribution in [3.8, 4) is 11.5 Å². The lowest BCUT2D eigenvalue weighted by Gasteiger charge is -2.51. The van der Waals surface area contributed by atoms with E-state index in [1.807, 2.05) is 57.2 Å². The highest BCUT2D eigenvalue weighted by molar-refractivity contribution is 6.01. The van der Waals surface area contributed by atoms with E-state index in [1.54, 1.807) is 16.9 Å². The van der Waals surface area contributed by atoms with Gasteiger partial charge in [-0.15, -0.1) is 0 Å². The van der Waals surface area contributed by atoms with Gasteiger partial charge >= 0.3 is 0 Å². The van der Waals surface area contributed by atoms with Gasteiger partial charge in [-0.2, -0.15) is 0 Å². The van der Waals surface area contributed by atoms with Gasteiger partial charge in [-0.05, 0) is 56.0 Å². The number of methoxy groups -OCH3 is 1. The Labute approximate surface area is 212 Å². The molecule has 2 aliphatic heterocycles. The van der Waals surface area contributed by atoms with Gasteiger partial charge in [0.05, 0.1) is 25.5 Å². The van der Waals surface area contributed by atoms with Crippen molar-refractivity contribution < 1.29 is 19.1 Å². The molecular formula is C29H35N3O4. The molecule has 3 heterocycles. The van der Waals surface area contributed by atoms with E-state index >= 15 is 0 Å². The molecule has 0 aliphatic carbocycles. The van der Waals surface area contributed by atoms with Crippen LogP contribution in [0.1, 0.15) is 57.4 Å². The maximum Gasteiger partial charge on any atom is 0.254 e. The van der Waals surface area contributed by atoms with E-state index in [0.29, 0.717) is 24.6 Å². The summed E-state index contributed by atoms with van der Waals surface area (Å²) in [5.41, 5.74) is 2.76. The van der Waals surface area contributed by atoms with Crippen molar-refractivity contribution in [2.24, 2.45) is 5.92 Å². The summed E-state index contributed by atoms with van der Waals surface area (Å²) >= 11 is 0. The standard InChI is InChI=1S/C29H35N3O4/c1-17(2)14-31-16-25(33)32-15-21(19-11-12-23(36-18(3)4)24(13-19)35-6)26-20-9-7-8-10-22(20)30-27(26)29(32,5)28(31)34/h7-13,17-18,21,30H,14-16H2,1-6H3/t21-,29+/m1/s1. The van der Waals surface area contributed by atoms with Crippen LogP contribution in [-0.2, 0) is 15.1 Å². The molecule has 1 N–H and O–H groups in total. The smallest absolute Gasteiger partial charge is 0.254 e. The number of carbonyl (C=O) groups excluding carboxylic acids is 2. The Morgan fingerprint density at radius 2 is 1.83 bits per heavy atom. The van der Waals surface area contributed by atoms with Gasteiger partial charge in [-0.3, -0.25) is 9.59 Å². The second-order valence-electron chi connectivity index (χ2n) is 10.7. The molecule has 1 aromatic heterocycles. The molecule has 1 saturated heterocycles. The number of benzene rings is 2.